The van der Waals surface area contributed by atoms with Gasteiger partial charge in [-0.3, -0.25) is 4.79 Å². The molecule has 2 saturated carbocycles. The Labute approximate surface area is 117 Å². The molecule has 19 heavy (non-hydrogen) atoms. The van der Waals surface area contributed by atoms with E-state index in [-0.39, 0.29) is 5.92 Å². The minimum absolute atomic E-state index is 0.340. The average molecular weight is 277 g/mol. The Bertz CT molecular complexity index is 524. The number of aromatic nitrogens is 1. The topological polar surface area (TPSA) is 50.2 Å². The summed E-state index contributed by atoms with van der Waals surface area (Å²) in [6, 6.07) is 0. The lowest BCUT2D eigenvalue weighted by molar-refractivity contribution is -0.139. The van der Waals surface area contributed by atoms with Crippen molar-refractivity contribution in [1.82, 2.24) is 4.98 Å². The van der Waals surface area contributed by atoms with Crippen LogP contribution in [0.1, 0.15) is 65.9 Å². The molecule has 2 bridgehead atoms. The number of hydrogen-bond acceptors (Lipinski definition) is 3. The standard InChI is InChI=1S/C15H19NO2S/c17-15(18)10-2-1-3-12-13(10)16-14(19-12)11-7-8-4-5-9(11)6-8/h8-11H,1-7H2,(H,17,18). The van der Waals surface area contributed by atoms with Gasteiger partial charge in [-0.15, -0.1) is 11.3 Å². The Hall–Kier alpha value is -0.900. The molecule has 0 aliphatic heterocycles. The van der Waals surface area contributed by atoms with Crippen LogP contribution < -0.4 is 0 Å². The molecule has 1 heterocycles. The van der Waals surface area contributed by atoms with Crippen LogP contribution >= 0.6 is 11.3 Å². The Morgan fingerprint density at radius 2 is 2.16 bits per heavy atom. The highest BCUT2D eigenvalue weighted by molar-refractivity contribution is 7.11. The molecule has 2 fully saturated rings. The van der Waals surface area contributed by atoms with Crippen LogP contribution in [0.2, 0.25) is 0 Å². The molecule has 3 aliphatic carbocycles. The van der Waals surface area contributed by atoms with E-state index in [1.165, 1.54) is 35.6 Å². The van der Waals surface area contributed by atoms with Crippen molar-refractivity contribution in [3.63, 3.8) is 0 Å². The fourth-order valence-electron chi connectivity index (χ4n) is 4.38. The third-order valence-electron chi connectivity index (χ3n) is 5.32. The SMILES string of the molecule is O=C(O)C1CCCc2sc(C3CC4CCC3C4)nc21. The molecule has 1 N–H and O–H groups in total. The van der Waals surface area contributed by atoms with E-state index in [1.807, 2.05) is 11.3 Å². The van der Waals surface area contributed by atoms with Crippen LogP contribution in [0.5, 0.6) is 0 Å². The van der Waals surface area contributed by atoms with Gasteiger partial charge in [0, 0.05) is 10.8 Å². The summed E-state index contributed by atoms with van der Waals surface area (Å²) in [5.41, 5.74) is 0.904. The van der Waals surface area contributed by atoms with Gasteiger partial charge in [0.15, 0.2) is 0 Å². The van der Waals surface area contributed by atoms with Crippen LogP contribution in [-0.2, 0) is 11.2 Å². The summed E-state index contributed by atoms with van der Waals surface area (Å²) in [6.45, 7) is 0. The molecule has 0 amide bonds. The monoisotopic (exact) mass is 277 g/mol. The van der Waals surface area contributed by atoms with Crippen molar-refractivity contribution in [2.24, 2.45) is 11.8 Å². The number of carbonyl (C=O) groups is 1. The van der Waals surface area contributed by atoms with E-state index in [2.05, 4.69) is 0 Å². The van der Waals surface area contributed by atoms with E-state index >= 15 is 0 Å². The second-order valence-electron chi connectivity index (χ2n) is 6.42. The fourth-order valence-corrected chi connectivity index (χ4v) is 5.76. The molecule has 4 heteroatoms. The Kier molecular flexibility index (Phi) is 2.69. The van der Waals surface area contributed by atoms with Crippen molar-refractivity contribution in [3.8, 4) is 0 Å². The molecular weight excluding hydrogens is 258 g/mol. The van der Waals surface area contributed by atoms with Crippen molar-refractivity contribution in [3.05, 3.63) is 15.6 Å². The minimum Gasteiger partial charge on any atom is -0.481 e. The first-order valence-corrected chi connectivity index (χ1v) is 8.26. The minimum atomic E-state index is -0.689. The zero-order valence-electron chi connectivity index (χ0n) is 11.0. The van der Waals surface area contributed by atoms with Gasteiger partial charge in [0.05, 0.1) is 16.6 Å². The smallest absolute Gasteiger partial charge is 0.312 e. The van der Waals surface area contributed by atoms with Gasteiger partial charge in [-0.05, 0) is 50.4 Å². The second-order valence-corrected chi connectivity index (χ2v) is 7.54. The van der Waals surface area contributed by atoms with Crippen LogP contribution in [0.15, 0.2) is 0 Å². The summed E-state index contributed by atoms with van der Waals surface area (Å²) in [5.74, 6) is 1.37. The van der Waals surface area contributed by atoms with Crippen LogP contribution in [0, 0.1) is 11.8 Å². The first kappa shape index (κ1) is 11.9. The molecule has 0 aromatic carbocycles. The van der Waals surface area contributed by atoms with E-state index in [0.29, 0.717) is 5.92 Å². The normalized spacial score (nSPS) is 36.4. The zero-order chi connectivity index (χ0) is 13.0. The summed E-state index contributed by atoms with van der Waals surface area (Å²) >= 11 is 1.82. The highest BCUT2D eigenvalue weighted by Gasteiger charge is 2.42. The number of thiazole rings is 1. The van der Waals surface area contributed by atoms with E-state index < -0.39 is 5.97 Å². The van der Waals surface area contributed by atoms with Crippen molar-refractivity contribution >= 4 is 17.3 Å². The number of nitrogens with zero attached hydrogens (tertiary/aromatic N) is 1. The summed E-state index contributed by atoms with van der Waals surface area (Å²) in [4.78, 5) is 17.4. The summed E-state index contributed by atoms with van der Waals surface area (Å²) < 4.78 is 0. The van der Waals surface area contributed by atoms with E-state index in [0.717, 1.165) is 36.8 Å². The maximum atomic E-state index is 11.3. The largest absolute Gasteiger partial charge is 0.481 e. The summed E-state index contributed by atoms with van der Waals surface area (Å²) in [7, 11) is 0. The van der Waals surface area contributed by atoms with Crippen LogP contribution in [-0.4, -0.2) is 16.1 Å². The third kappa shape index (κ3) is 1.83. The highest BCUT2D eigenvalue weighted by Crippen LogP contribution is 2.54. The van der Waals surface area contributed by atoms with Gasteiger partial charge in [0.1, 0.15) is 0 Å². The third-order valence-corrected chi connectivity index (χ3v) is 6.59. The Morgan fingerprint density at radius 1 is 1.26 bits per heavy atom. The molecule has 0 saturated heterocycles. The summed E-state index contributed by atoms with van der Waals surface area (Å²) in [6.07, 6.45) is 8.26. The molecular formula is C15H19NO2S. The first-order chi connectivity index (χ1) is 9.22. The molecule has 0 radical (unpaired) electrons. The molecule has 3 aliphatic rings. The van der Waals surface area contributed by atoms with Crippen LogP contribution in [0.25, 0.3) is 0 Å². The number of aryl methyl sites for hydroxylation is 1. The number of carboxylic acid groups (broad SMARTS) is 1. The van der Waals surface area contributed by atoms with Crippen molar-refractivity contribution in [2.45, 2.75) is 56.8 Å². The van der Waals surface area contributed by atoms with E-state index in [9.17, 15) is 9.90 Å². The number of carboxylic acids is 1. The molecule has 1 aromatic heterocycles. The van der Waals surface area contributed by atoms with E-state index in [4.69, 9.17) is 4.98 Å². The van der Waals surface area contributed by atoms with Gasteiger partial charge in [-0.25, -0.2) is 4.98 Å². The molecule has 4 atom stereocenters. The van der Waals surface area contributed by atoms with Crippen molar-refractivity contribution < 1.29 is 9.90 Å². The van der Waals surface area contributed by atoms with Crippen molar-refractivity contribution in [2.75, 3.05) is 0 Å². The van der Waals surface area contributed by atoms with Gasteiger partial charge in [-0.2, -0.15) is 0 Å². The highest BCUT2D eigenvalue weighted by atomic mass is 32.1. The van der Waals surface area contributed by atoms with Gasteiger partial charge < -0.3 is 5.11 Å². The predicted molar refractivity (Wildman–Crippen MR) is 73.6 cm³/mol. The lowest BCUT2D eigenvalue weighted by Crippen LogP contribution is -2.17. The average Bonchev–Trinajstić information content (AvgIpc) is 3.11. The number of hydrogen-bond donors (Lipinski definition) is 1. The Morgan fingerprint density at radius 3 is 2.84 bits per heavy atom. The maximum absolute atomic E-state index is 11.3. The number of fused-ring (bicyclic) bond motifs is 3. The van der Waals surface area contributed by atoms with Gasteiger partial charge in [0.25, 0.3) is 0 Å². The van der Waals surface area contributed by atoms with Crippen LogP contribution in [0.4, 0.5) is 0 Å². The Balaban J connectivity index is 1.66. The second kappa shape index (κ2) is 4.30. The van der Waals surface area contributed by atoms with Crippen LogP contribution in [0.3, 0.4) is 0 Å². The van der Waals surface area contributed by atoms with Gasteiger partial charge >= 0.3 is 5.97 Å². The maximum Gasteiger partial charge on any atom is 0.312 e. The molecule has 102 valence electrons. The lowest BCUT2D eigenvalue weighted by atomic mass is 9.89. The fraction of sp³-hybridized carbons (Fsp3) is 0.733. The predicted octanol–water partition coefficient (Wildman–Crippen LogP) is 3.55. The zero-order valence-corrected chi connectivity index (χ0v) is 11.8. The van der Waals surface area contributed by atoms with Crippen molar-refractivity contribution in [1.29, 1.82) is 0 Å². The molecule has 4 unspecified atom stereocenters. The van der Waals surface area contributed by atoms with Gasteiger partial charge in [0.2, 0.25) is 0 Å². The molecule has 3 nitrogen and oxygen atoms in total. The molecule has 0 spiro atoms. The number of aliphatic carboxylic acids is 1. The summed E-state index contributed by atoms with van der Waals surface area (Å²) in [5, 5.41) is 10.6. The molecule has 4 rings (SSSR count). The molecule has 1 aromatic rings. The number of rotatable bonds is 2. The quantitative estimate of drug-likeness (QED) is 0.899. The lowest BCUT2D eigenvalue weighted by Gasteiger charge is -2.19. The van der Waals surface area contributed by atoms with Gasteiger partial charge in [-0.1, -0.05) is 6.42 Å². The van der Waals surface area contributed by atoms with E-state index in [1.54, 1.807) is 0 Å². The first-order valence-electron chi connectivity index (χ1n) is 7.44.